The Balaban J connectivity index is 1.34. The Bertz CT molecular complexity index is 1580. The van der Waals surface area contributed by atoms with Crippen LogP contribution < -0.4 is 9.80 Å². The van der Waals surface area contributed by atoms with Gasteiger partial charge in [0.25, 0.3) is 5.92 Å². The zero-order chi connectivity index (χ0) is 28.3. The molecule has 208 valence electrons. The second kappa shape index (κ2) is 9.50. The Morgan fingerprint density at radius 3 is 2.45 bits per heavy atom. The molecule has 0 N–H and O–H groups in total. The van der Waals surface area contributed by atoms with Crippen LogP contribution in [0.15, 0.2) is 42.9 Å². The predicted molar refractivity (Wildman–Crippen MR) is 148 cm³/mol. The fraction of sp³-hybridized carbons (Fsp3) is 0.414. The van der Waals surface area contributed by atoms with Crippen molar-refractivity contribution < 1.29 is 13.6 Å². The maximum absolute atomic E-state index is 13.8. The summed E-state index contributed by atoms with van der Waals surface area (Å²) in [6.45, 7) is 7.63. The van der Waals surface area contributed by atoms with Crippen LogP contribution in [-0.4, -0.2) is 47.8 Å². The number of aromatic nitrogens is 6. The molecule has 4 aromatic rings. The number of amides is 1. The number of carbonyl (C=O) groups excluding carboxylic acids is 1. The summed E-state index contributed by atoms with van der Waals surface area (Å²) in [5.41, 5.74) is 4.01. The van der Waals surface area contributed by atoms with E-state index in [-0.39, 0.29) is 30.2 Å². The number of halogens is 2. The number of carbonyl (C=O) groups is 1. The van der Waals surface area contributed by atoms with Crippen molar-refractivity contribution >= 4 is 17.4 Å². The van der Waals surface area contributed by atoms with E-state index in [9.17, 15) is 13.6 Å². The van der Waals surface area contributed by atoms with Crippen molar-refractivity contribution in [2.24, 2.45) is 7.05 Å². The molecule has 11 heteroatoms. The molecule has 6 rings (SSSR count). The molecule has 40 heavy (non-hydrogen) atoms. The minimum Gasteiger partial charge on any atom is -0.341 e. The van der Waals surface area contributed by atoms with Gasteiger partial charge in [-0.05, 0) is 44.7 Å². The van der Waals surface area contributed by atoms with Crippen LogP contribution in [0.4, 0.5) is 20.3 Å². The molecule has 1 aliphatic heterocycles. The van der Waals surface area contributed by atoms with Crippen LogP contribution >= 0.6 is 0 Å². The van der Waals surface area contributed by atoms with Gasteiger partial charge >= 0.3 is 0 Å². The van der Waals surface area contributed by atoms with E-state index in [0.717, 1.165) is 53.7 Å². The number of alkyl halides is 2. The lowest BCUT2D eigenvalue weighted by Crippen LogP contribution is -2.47. The Hall–Kier alpha value is -4.15. The van der Waals surface area contributed by atoms with Gasteiger partial charge in [-0.1, -0.05) is 24.3 Å². The van der Waals surface area contributed by atoms with Crippen molar-refractivity contribution in [1.82, 2.24) is 29.3 Å². The third-order valence-electron chi connectivity index (χ3n) is 7.41. The predicted octanol–water partition coefficient (Wildman–Crippen LogP) is 5.26. The van der Waals surface area contributed by atoms with Gasteiger partial charge in [0.2, 0.25) is 5.91 Å². The average molecular weight is 547 g/mol. The first kappa shape index (κ1) is 26.1. The van der Waals surface area contributed by atoms with Crippen LogP contribution in [0.2, 0.25) is 0 Å². The van der Waals surface area contributed by atoms with Crippen LogP contribution in [0.5, 0.6) is 0 Å². The van der Waals surface area contributed by atoms with Gasteiger partial charge < -0.3 is 14.4 Å². The van der Waals surface area contributed by atoms with Crippen LogP contribution in [0.3, 0.4) is 0 Å². The van der Waals surface area contributed by atoms with Gasteiger partial charge in [-0.3, -0.25) is 9.48 Å². The van der Waals surface area contributed by atoms with Gasteiger partial charge in [-0.25, -0.2) is 15.0 Å². The number of hydrogen-bond donors (Lipinski definition) is 0. The lowest BCUT2D eigenvalue weighted by atomic mass is 10.1. The van der Waals surface area contributed by atoms with Gasteiger partial charge in [-0.15, -0.1) is 0 Å². The van der Waals surface area contributed by atoms with E-state index in [4.69, 9.17) is 9.97 Å². The number of imidazole rings is 1. The maximum Gasteiger partial charge on any atom is 0.288 e. The van der Waals surface area contributed by atoms with Gasteiger partial charge in [-0.2, -0.15) is 13.9 Å². The van der Waals surface area contributed by atoms with E-state index >= 15 is 0 Å². The summed E-state index contributed by atoms with van der Waals surface area (Å²) in [4.78, 5) is 31.0. The van der Waals surface area contributed by atoms with Crippen LogP contribution in [0, 0.1) is 6.92 Å². The summed E-state index contributed by atoms with van der Waals surface area (Å²) in [7, 11) is 1.71. The van der Waals surface area contributed by atoms with Crippen molar-refractivity contribution in [3.05, 3.63) is 59.7 Å². The first-order chi connectivity index (χ1) is 19.0. The molecule has 2 aliphatic rings. The monoisotopic (exact) mass is 546 g/mol. The fourth-order valence-corrected chi connectivity index (χ4v) is 5.24. The zero-order valence-corrected chi connectivity index (χ0v) is 23.3. The Morgan fingerprint density at radius 1 is 1.10 bits per heavy atom. The summed E-state index contributed by atoms with van der Waals surface area (Å²) in [6.07, 6.45) is 6.90. The maximum atomic E-state index is 13.8. The first-order valence-corrected chi connectivity index (χ1v) is 13.5. The van der Waals surface area contributed by atoms with Gasteiger partial charge in [0.15, 0.2) is 11.6 Å². The topological polar surface area (TPSA) is 85.0 Å². The quantitative estimate of drug-likeness (QED) is 0.315. The Kier molecular flexibility index (Phi) is 6.19. The summed E-state index contributed by atoms with van der Waals surface area (Å²) < 4.78 is 31.1. The average Bonchev–Trinajstić information content (AvgIpc) is 3.53. The van der Waals surface area contributed by atoms with Crippen molar-refractivity contribution in [3.63, 3.8) is 0 Å². The molecule has 1 saturated carbocycles. The lowest BCUT2D eigenvalue weighted by molar-refractivity contribution is -0.117. The van der Waals surface area contributed by atoms with Gasteiger partial charge in [0.1, 0.15) is 22.9 Å². The van der Waals surface area contributed by atoms with E-state index in [2.05, 4.69) is 23.9 Å². The molecule has 0 unspecified atom stereocenters. The number of hydrogen-bond acceptors (Lipinski definition) is 6. The number of nitrogens with zero attached hydrogens (tertiary/aromatic N) is 8. The number of rotatable bonds is 7. The fourth-order valence-electron chi connectivity index (χ4n) is 5.24. The van der Waals surface area contributed by atoms with Crippen molar-refractivity contribution in [1.29, 1.82) is 0 Å². The third-order valence-corrected chi connectivity index (χ3v) is 7.41. The summed E-state index contributed by atoms with van der Waals surface area (Å²) in [5, 5.41) is 4.52. The lowest BCUT2D eigenvalue weighted by Gasteiger charge is -2.36. The van der Waals surface area contributed by atoms with E-state index in [1.807, 2.05) is 51.9 Å². The zero-order valence-electron chi connectivity index (χ0n) is 23.3. The molecule has 0 saturated heterocycles. The molecular formula is C29H32F2N8O. The van der Waals surface area contributed by atoms with E-state index < -0.39 is 5.92 Å². The van der Waals surface area contributed by atoms with Crippen molar-refractivity contribution in [2.45, 2.75) is 65.1 Å². The highest BCUT2D eigenvalue weighted by molar-refractivity contribution is 6.03. The molecule has 1 amide bonds. The molecule has 3 aromatic heterocycles. The summed E-state index contributed by atoms with van der Waals surface area (Å²) in [5.74, 6) is -1.21. The first-order valence-electron chi connectivity index (χ1n) is 13.5. The van der Waals surface area contributed by atoms with Crippen molar-refractivity contribution in [2.75, 3.05) is 16.3 Å². The molecule has 1 fully saturated rings. The minimum absolute atomic E-state index is 0.0346. The molecule has 9 nitrogen and oxygen atoms in total. The second-order valence-electron chi connectivity index (χ2n) is 11.1. The highest BCUT2D eigenvalue weighted by Crippen LogP contribution is 2.41. The largest absolute Gasteiger partial charge is 0.341 e. The van der Waals surface area contributed by atoms with E-state index in [1.54, 1.807) is 17.8 Å². The molecule has 1 aliphatic carbocycles. The van der Waals surface area contributed by atoms with Gasteiger partial charge in [0, 0.05) is 44.4 Å². The van der Waals surface area contributed by atoms with Crippen LogP contribution in [0.25, 0.3) is 22.9 Å². The van der Waals surface area contributed by atoms with Crippen LogP contribution in [-0.2, 0) is 24.3 Å². The standard InChI is InChI=1S/C29H32F2N8O/c1-17(2)39-25(18(3)12-33-39)26-32-13-22-28(35-26)37(16-24(40)38(22)21-10-11-21)14-19-6-8-20(9-7-19)27-34-23(15-36(27)5)29(4,30)31/h6-9,12-13,15,17,21H,10-11,14,16H2,1-5H3. The number of anilines is 2. The SMILES string of the molecule is Cc1cnn(C(C)C)c1-c1ncc2c(n1)N(Cc1ccc(-c3nc(C(C)(F)F)cn3C)cc1)CC(=O)N2C1CC1. The Labute approximate surface area is 231 Å². The molecule has 0 spiro atoms. The molecule has 4 heterocycles. The summed E-state index contributed by atoms with van der Waals surface area (Å²) in [6, 6.07) is 7.95. The number of fused-ring (bicyclic) bond motifs is 1. The van der Waals surface area contributed by atoms with E-state index in [1.165, 1.54) is 6.20 Å². The smallest absolute Gasteiger partial charge is 0.288 e. The van der Waals surface area contributed by atoms with Crippen LogP contribution in [0.1, 0.15) is 56.5 Å². The van der Waals surface area contributed by atoms with E-state index in [0.29, 0.717) is 18.2 Å². The third kappa shape index (κ3) is 4.63. The molecular weight excluding hydrogens is 514 g/mol. The normalized spacial score (nSPS) is 15.8. The van der Waals surface area contributed by atoms with Gasteiger partial charge in [0.05, 0.1) is 18.9 Å². The summed E-state index contributed by atoms with van der Waals surface area (Å²) >= 11 is 0. The molecule has 1 aromatic carbocycles. The molecule has 0 atom stereocenters. The van der Waals surface area contributed by atoms with Crippen molar-refractivity contribution in [3.8, 4) is 22.9 Å². The highest BCUT2D eigenvalue weighted by atomic mass is 19.3. The second-order valence-corrected chi connectivity index (χ2v) is 11.1. The Morgan fingerprint density at radius 2 is 1.82 bits per heavy atom. The highest BCUT2D eigenvalue weighted by Gasteiger charge is 2.40. The number of benzene rings is 1. The number of aryl methyl sites for hydroxylation is 2. The molecule has 0 radical (unpaired) electrons. The minimum atomic E-state index is -3.01. The molecule has 0 bridgehead atoms.